The van der Waals surface area contributed by atoms with Gasteiger partial charge in [0.25, 0.3) is 0 Å². The van der Waals surface area contributed by atoms with Crippen molar-refractivity contribution in [2.45, 2.75) is 25.3 Å². The first kappa shape index (κ1) is 8.20. The van der Waals surface area contributed by atoms with Gasteiger partial charge >= 0.3 is 0 Å². The van der Waals surface area contributed by atoms with E-state index in [0.717, 1.165) is 17.4 Å². The van der Waals surface area contributed by atoms with E-state index >= 15 is 0 Å². The molecule has 0 saturated heterocycles. The number of nitrogens with zero attached hydrogens (tertiary/aromatic N) is 1. The number of rotatable bonds is 0. The first-order chi connectivity index (χ1) is 5.77. The second kappa shape index (κ2) is 3.15. The van der Waals surface area contributed by atoms with Crippen molar-refractivity contribution in [2.75, 3.05) is 0 Å². The third-order valence-electron chi connectivity index (χ3n) is 2.35. The molecular formula is C9H11BrN2. The molecule has 0 saturated carbocycles. The highest BCUT2D eigenvalue weighted by Gasteiger charge is 2.16. The summed E-state index contributed by atoms with van der Waals surface area (Å²) in [6, 6.07) is 2.28. The number of nitrogens with two attached hydrogens (primary N) is 1. The summed E-state index contributed by atoms with van der Waals surface area (Å²) in [5, 5.41) is 0. The van der Waals surface area contributed by atoms with Gasteiger partial charge in [0, 0.05) is 12.2 Å². The molecule has 1 heterocycles. The minimum Gasteiger partial charge on any atom is -0.324 e. The summed E-state index contributed by atoms with van der Waals surface area (Å²) in [7, 11) is 0. The molecule has 1 unspecified atom stereocenters. The summed E-state index contributed by atoms with van der Waals surface area (Å²) in [4.78, 5) is 4.18. The highest BCUT2D eigenvalue weighted by Crippen LogP contribution is 2.28. The van der Waals surface area contributed by atoms with Gasteiger partial charge in [-0.15, -0.1) is 0 Å². The Morgan fingerprint density at radius 2 is 2.42 bits per heavy atom. The van der Waals surface area contributed by atoms with E-state index in [-0.39, 0.29) is 6.04 Å². The SMILES string of the molecule is NC1CCCc2cc(Br)ncc21. The summed E-state index contributed by atoms with van der Waals surface area (Å²) in [5.74, 6) is 0. The molecule has 0 aliphatic heterocycles. The van der Waals surface area contributed by atoms with Crippen LogP contribution in [0.1, 0.15) is 30.0 Å². The normalized spacial score (nSPS) is 22.0. The molecule has 64 valence electrons. The van der Waals surface area contributed by atoms with Crippen LogP contribution in [0.2, 0.25) is 0 Å². The number of hydrogen-bond acceptors (Lipinski definition) is 2. The van der Waals surface area contributed by atoms with E-state index in [1.165, 1.54) is 17.5 Å². The molecule has 0 bridgehead atoms. The summed E-state index contributed by atoms with van der Waals surface area (Å²) >= 11 is 3.36. The Bertz CT molecular complexity index is 299. The molecule has 1 aliphatic carbocycles. The molecule has 1 aromatic rings. The van der Waals surface area contributed by atoms with E-state index in [1.54, 1.807) is 0 Å². The van der Waals surface area contributed by atoms with Crippen LogP contribution in [-0.2, 0) is 6.42 Å². The van der Waals surface area contributed by atoms with Gasteiger partial charge in [-0.1, -0.05) is 0 Å². The van der Waals surface area contributed by atoms with Crippen LogP contribution < -0.4 is 5.73 Å². The number of aromatic nitrogens is 1. The van der Waals surface area contributed by atoms with Crippen LogP contribution in [0.3, 0.4) is 0 Å². The third-order valence-corrected chi connectivity index (χ3v) is 2.79. The van der Waals surface area contributed by atoms with Crippen molar-refractivity contribution in [3.05, 3.63) is 28.0 Å². The second-order valence-corrected chi connectivity index (χ2v) is 4.02. The molecule has 0 radical (unpaired) electrons. The lowest BCUT2D eigenvalue weighted by Gasteiger charge is -2.21. The Balaban J connectivity index is 2.46. The first-order valence-corrected chi connectivity index (χ1v) is 4.96. The average molecular weight is 227 g/mol. The van der Waals surface area contributed by atoms with E-state index in [0.29, 0.717) is 0 Å². The standard InChI is InChI=1S/C9H11BrN2/c10-9-4-6-2-1-3-8(11)7(6)5-12-9/h4-5,8H,1-3,11H2. The summed E-state index contributed by atoms with van der Waals surface area (Å²) in [5.41, 5.74) is 8.52. The number of pyridine rings is 1. The molecule has 0 amide bonds. The van der Waals surface area contributed by atoms with Gasteiger partial charge < -0.3 is 5.73 Å². The summed E-state index contributed by atoms with van der Waals surface area (Å²) < 4.78 is 0.912. The molecule has 1 atom stereocenters. The Morgan fingerprint density at radius 1 is 1.58 bits per heavy atom. The molecule has 0 fully saturated rings. The molecule has 2 nitrogen and oxygen atoms in total. The van der Waals surface area contributed by atoms with Gasteiger partial charge in [-0.05, 0) is 52.4 Å². The largest absolute Gasteiger partial charge is 0.324 e. The predicted octanol–water partition coefficient (Wildman–Crippen LogP) is 2.18. The molecule has 1 aliphatic rings. The van der Waals surface area contributed by atoms with E-state index in [4.69, 9.17) is 5.73 Å². The second-order valence-electron chi connectivity index (χ2n) is 3.20. The van der Waals surface area contributed by atoms with E-state index in [9.17, 15) is 0 Å². The van der Waals surface area contributed by atoms with Crippen LogP contribution in [0.15, 0.2) is 16.9 Å². The molecule has 12 heavy (non-hydrogen) atoms. The number of aryl methyl sites for hydroxylation is 1. The summed E-state index contributed by atoms with van der Waals surface area (Å²) in [6.45, 7) is 0. The minimum absolute atomic E-state index is 0.203. The molecule has 3 heteroatoms. The van der Waals surface area contributed by atoms with Gasteiger partial charge in [-0.25, -0.2) is 4.98 Å². The fraction of sp³-hybridized carbons (Fsp3) is 0.444. The van der Waals surface area contributed by atoms with Gasteiger partial charge in [0.1, 0.15) is 4.60 Å². The highest BCUT2D eigenvalue weighted by atomic mass is 79.9. The first-order valence-electron chi connectivity index (χ1n) is 4.17. The lowest BCUT2D eigenvalue weighted by molar-refractivity contribution is 0.567. The molecule has 0 aromatic carbocycles. The van der Waals surface area contributed by atoms with Crippen molar-refractivity contribution in [1.29, 1.82) is 0 Å². The minimum atomic E-state index is 0.203. The predicted molar refractivity (Wildman–Crippen MR) is 51.8 cm³/mol. The monoisotopic (exact) mass is 226 g/mol. The van der Waals surface area contributed by atoms with E-state index < -0.39 is 0 Å². The smallest absolute Gasteiger partial charge is 0.106 e. The third kappa shape index (κ3) is 1.39. The maximum Gasteiger partial charge on any atom is 0.106 e. The van der Waals surface area contributed by atoms with Crippen LogP contribution in [0.4, 0.5) is 0 Å². The van der Waals surface area contributed by atoms with Crippen LogP contribution in [-0.4, -0.2) is 4.98 Å². The number of halogens is 1. The zero-order chi connectivity index (χ0) is 8.55. The van der Waals surface area contributed by atoms with E-state index in [1.807, 2.05) is 6.20 Å². The van der Waals surface area contributed by atoms with Gasteiger partial charge in [0.05, 0.1) is 0 Å². The van der Waals surface area contributed by atoms with Gasteiger partial charge in [-0.3, -0.25) is 0 Å². The molecule has 2 rings (SSSR count). The van der Waals surface area contributed by atoms with Crippen molar-refractivity contribution in [3.8, 4) is 0 Å². The van der Waals surface area contributed by atoms with Gasteiger partial charge in [-0.2, -0.15) is 0 Å². The molecular weight excluding hydrogens is 216 g/mol. The zero-order valence-electron chi connectivity index (χ0n) is 6.76. The number of hydrogen-bond donors (Lipinski definition) is 1. The fourth-order valence-electron chi connectivity index (χ4n) is 1.70. The van der Waals surface area contributed by atoms with E-state index in [2.05, 4.69) is 27.0 Å². The maximum atomic E-state index is 5.94. The van der Waals surface area contributed by atoms with Crippen molar-refractivity contribution in [1.82, 2.24) is 4.98 Å². The van der Waals surface area contributed by atoms with Crippen molar-refractivity contribution < 1.29 is 0 Å². The zero-order valence-corrected chi connectivity index (χ0v) is 8.34. The van der Waals surface area contributed by atoms with Crippen LogP contribution in [0.5, 0.6) is 0 Å². The Kier molecular flexibility index (Phi) is 2.15. The average Bonchev–Trinajstić information content (AvgIpc) is 2.04. The maximum absolute atomic E-state index is 5.94. The van der Waals surface area contributed by atoms with Crippen molar-refractivity contribution >= 4 is 15.9 Å². The highest BCUT2D eigenvalue weighted by molar-refractivity contribution is 9.10. The molecule has 0 spiro atoms. The lowest BCUT2D eigenvalue weighted by Crippen LogP contribution is -2.17. The lowest BCUT2D eigenvalue weighted by atomic mass is 9.90. The molecule has 2 N–H and O–H groups in total. The fourth-order valence-corrected chi connectivity index (χ4v) is 2.08. The van der Waals surface area contributed by atoms with Crippen molar-refractivity contribution in [2.24, 2.45) is 5.73 Å². The van der Waals surface area contributed by atoms with Gasteiger partial charge in [0.15, 0.2) is 0 Å². The Hall–Kier alpha value is -0.410. The van der Waals surface area contributed by atoms with Crippen LogP contribution in [0.25, 0.3) is 0 Å². The Labute approximate surface area is 80.3 Å². The topological polar surface area (TPSA) is 38.9 Å². The quantitative estimate of drug-likeness (QED) is 0.690. The van der Waals surface area contributed by atoms with Crippen molar-refractivity contribution in [3.63, 3.8) is 0 Å². The summed E-state index contributed by atoms with van der Waals surface area (Å²) in [6.07, 6.45) is 5.33. The van der Waals surface area contributed by atoms with Gasteiger partial charge in [0.2, 0.25) is 0 Å². The Morgan fingerprint density at radius 3 is 3.25 bits per heavy atom. The molecule has 1 aromatic heterocycles. The van der Waals surface area contributed by atoms with Crippen LogP contribution >= 0.6 is 15.9 Å². The van der Waals surface area contributed by atoms with Crippen LogP contribution in [0, 0.1) is 0 Å². The number of fused-ring (bicyclic) bond motifs is 1.